The number of ether oxygens (including phenoxy) is 5. The second-order valence-corrected chi connectivity index (χ2v) is 6.96. The number of hydrogen-bond acceptors (Lipinski definition) is 7. The van der Waals surface area contributed by atoms with Crippen molar-refractivity contribution in [3.05, 3.63) is 29.8 Å². The first-order valence-electron chi connectivity index (χ1n) is 10.4. The van der Waals surface area contributed by atoms with E-state index in [9.17, 15) is 9.59 Å². The molecular weight excluding hydrogens is 376 g/mol. The van der Waals surface area contributed by atoms with Crippen molar-refractivity contribution in [1.82, 2.24) is 0 Å². The Labute approximate surface area is 172 Å². The van der Waals surface area contributed by atoms with Gasteiger partial charge < -0.3 is 23.7 Å². The lowest BCUT2D eigenvalue weighted by Gasteiger charge is -2.36. The lowest BCUT2D eigenvalue weighted by molar-refractivity contribution is -0.243. The molecule has 1 aliphatic heterocycles. The molecule has 0 N–H and O–H groups in total. The van der Waals surface area contributed by atoms with Gasteiger partial charge in [0.15, 0.2) is 6.29 Å². The van der Waals surface area contributed by atoms with Crippen LogP contribution in [0.5, 0.6) is 5.75 Å². The maximum absolute atomic E-state index is 12.4. The Kier molecular flexibility index (Phi) is 9.41. The number of unbranched alkanes of at least 4 members (excludes halogenated alkanes) is 3. The zero-order valence-electron chi connectivity index (χ0n) is 17.6. The third-order valence-corrected chi connectivity index (χ3v) is 4.71. The molecule has 0 aliphatic carbocycles. The molecule has 0 unspecified atom stereocenters. The quantitative estimate of drug-likeness (QED) is 0.313. The molecule has 1 aromatic carbocycles. The van der Waals surface area contributed by atoms with Crippen molar-refractivity contribution in [2.75, 3.05) is 33.0 Å². The van der Waals surface area contributed by atoms with Gasteiger partial charge in [-0.2, -0.15) is 0 Å². The van der Waals surface area contributed by atoms with Gasteiger partial charge in [-0.1, -0.05) is 38.3 Å². The molecule has 0 radical (unpaired) electrons. The summed E-state index contributed by atoms with van der Waals surface area (Å²) in [6.45, 7) is 6.22. The summed E-state index contributed by atoms with van der Waals surface area (Å²) < 4.78 is 27.3. The van der Waals surface area contributed by atoms with Crippen LogP contribution in [0.2, 0.25) is 0 Å². The fourth-order valence-electron chi connectivity index (χ4n) is 3.02. The molecule has 0 atom stereocenters. The smallest absolute Gasteiger partial charge is 0.328 e. The zero-order chi connectivity index (χ0) is 21.1. The van der Waals surface area contributed by atoms with Crippen LogP contribution in [0, 0.1) is 5.41 Å². The standard InChI is InChI=1S/C22H32O7/c1-4-7-8-9-14-27-18-12-10-17(11-13-18)19-28-15-22(16-29-19,20(23)25-5-2)21(24)26-6-3/h10-13,19H,4-9,14-16H2,1-3H3. The molecule has 7 heteroatoms. The first kappa shape index (κ1) is 23.2. The van der Waals surface area contributed by atoms with Gasteiger partial charge in [0.2, 0.25) is 5.41 Å². The Bertz CT molecular complexity index is 613. The van der Waals surface area contributed by atoms with E-state index in [0.29, 0.717) is 6.61 Å². The average Bonchev–Trinajstić information content (AvgIpc) is 2.74. The topological polar surface area (TPSA) is 80.3 Å². The number of benzene rings is 1. The van der Waals surface area contributed by atoms with Crippen LogP contribution < -0.4 is 4.74 Å². The first-order valence-corrected chi connectivity index (χ1v) is 10.4. The molecule has 1 fully saturated rings. The van der Waals surface area contributed by atoms with Crippen molar-refractivity contribution in [2.24, 2.45) is 5.41 Å². The number of carbonyl (C=O) groups is 2. The molecule has 0 spiro atoms. The van der Waals surface area contributed by atoms with E-state index in [-0.39, 0.29) is 26.4 Å². The van der Waals surface area contributed by atoms with Crippen molar-refractivity contribution in [2.45, 2.75) is 52.7 Å². The molecule has 162 valence electrons. The van der Waals surface area contributed by atoms with E-state index in [0.717, 1.165) is 17.7 Å². The zero-order valence-corrected chi connectivity index (χ0v) is 17.6. The maximum atomic E-state index is 12.4. The van der Waals surface area contributed by atoms with Gasteiger partial charge in [-0.15, -0.1) is 0 Å². The van der Waals surface area contributed by atoms with Gasteiger partial charge in [-0.25, -0.2) is 0 Å². The number of esters is 2. The van der Waals surface area contributed by atoms with Crippen molar-refractivity contribution in [3.8, 4) is 5.75 Å². The highest BCUT2D eigenvalue weighted by Crippen LogP contribution is 2.34. The van der Waals surface area contributed by atoms with Crippen molar-refractivity contribution in [1.29, 1.82) is 0 Å². The van der Waals surface area contributed by atoms with Crippen LogP contribution in [0.1, 0.15) is 58.3 Å². The molecule has 0 aromatic heterocycles. The SMILES string of the molecule is CCCCCCOc1ccc(C2OCC(C(=O)OCC)(C(=O)OCC)CO2)cc1. The first-order chi connectivity index (χ1) is 14.1. The summed E-state index contributed by atoms with van der Waals surface area (Å²) in [4.78, 5) is 24.8. The van der Waals surface area contributed by atoms with Crippen LogP contribution in [0.25, 0.3) is 0 Å². The molecule has 1 aromatic rings. The predicted molar refractivity (Wildman–Crippen MR) is 106 cm³/mol. The summed E-state index contributed by atoms with van der Waals surface area (Å²) in [5, 5.41) is 0. The minimum Gasteiger partial charge on any atom is -0.494 e. The summed E-state index contributed by atoms with van der Waals surface area (Å²) in [6.07, 6.45) is 3.95. The van der Waals surface area contributed by atoms with Crippen molar-refractivity contribution >= 4 is 11.9 Å². The number of carbonyl (C=O) groups excluding carboxylic acids is 2. The molecule has 1 heterocycles. The summed E-state index contributed by atoms with van der Waals surface area (Å²) in [5.41, 5.74) is -0.811. The van der Waals surface area contributed by atoms with Crippen LogP contribution >= 0.6 is 0 Å². The van der Waals surface area contributed by atoms with Gasteiger partial charge in [-0.05, 0) is 32.4 Å². The van der Waals surface area contributed by atoms with Crippen LogP contribution in [-0.2, 0) is 28.5 Å². The normalized spacial score (nSPS) is 16.2. The Morgan fingerprint density at radius 3 is 2.03 bits per heavy atom. The maximum Gasteiger partial charge on any atom is 0.328 e. The largest absolute Gasteiger partial charge is 0.494 e. The Morgan fingerprint density at radius 1 is 0.931 bits per heavy atom. The second kappa shape index (κ2) is 11.8. The predicted octanol–water partition coefficient (Wildman–Crippen LogP) is 3.80. The third kappa shape index (κ3) is 6.18. The van der Waals surface area contributed by atoms with Gasteiger partial charge in [0.05, 0.1) is 33.0 Å². The number of hydrogen-bond donors (Lipinski definition) is 0. The van der Waals surface area contributed by atoms with Crippen molar-refractivity contribution < 1.29 is 33.3 Å². The Morgan fingerprint density at radius 2 is 1.52 bits per heavy atom. The van der Waals surface area contributed by atoms with Crippen LogP contribution in [0.4, 0.5) is 0 Å². The molecule has 2 rings (SSSR count). The molecule has 29 heavy (non-hydrogen) atoms. The van der Waals surface area contributed by atoms with Gasteiger partial charge >= 0.3 is 11.9 Å². The highest BCUT2D eigenvalue weighted by Gasteiger charge is 2.53. The highest BCUT2D eigenvalue weighted by molar-refractivity contribution is 6.00. The third-order valence-electron chi connectivity index (χ3n) is 4.71. The molecule has 0 amide bonds. The Hall–Kier alpha value is -2.12. The van der Waals surface area contributed by atoms with Gasteiger partial charge in [-0.3, -0.25) is 9.59 Å². The van der Waals surface area contributed by atoms with E-state index in [1.165, 1.54) is 19.3 Å². The van der Waals surface area contributed by atoms with Crippen LogP contribution in [0.3, 0.4) is 0 Å². The summed E-state index contributed by atoms with van der Waals surface area (Å²) in [6, 6.07) is 7.43. The molecule has 7 nitrogen and oxygen atoms in total. The highest BCUT2D eigenvalue weighted by atomic mass is 16.7. The minimum absolute atomic E-state index is 0.156. The van der Waals surface area contributed by atoms with Gasteiger partial charge in [0.25, 0.3) is 0 Å². The van der Waals surface area contributed by atoms with Crippen molar-refractivity contribution in [3.63, 3.8) is 0 Å². The van der Waals surface area contributed by atoms with E-state index in [1.807, 2.05) is 24.3 Å². The fourth-order valence-corrected chi connectivity index (χ4v) is 3.02. The van der Waals surface area contributed by atoms with E-state index >= 15 is 0 Å². The molecule has 1 aliphatic rings. The van der Waals surface area contributed by atoms with E-state index in [2.05, 4.69) is 6.92 Å². The van der Waals surface area contributed by atoms with E-state index in [4.69, 9.17) is 23.7 Å². The van der Waals surface area contributed by atoms with Gasteiger partial charge in [0.1, 0.15) is 5.75 Å². The van der Waals surface area contributed by atoms with Gasteiger partial charge in [0, 0.05) is 5.56 Å². The summed E-state index contributed by atoms with van der Waals surface area (Å²) in [5.74, 6) is -0.596. The van der Waals surface area contributed by atoms with E-state index < -0.39 is 23.6 Å². The summed E-state index contributed by atoms with van der Waals surface area (Å²) >= 11 is 0. The Balaban J connectivity index is 1.94. The van der Waals surface area contributed by atoms with E-state index in [1.54, 1.807) is 13.8 Å². The summed E-state index contributed by atoms with van der Waals surface area (Å²) in [7, 11) is 0. The fraction of sp³-hybridized carbons (Fsp3) is 0.636. The lowest BCUT2D eigenvalue weighted by atomic mass is 9.89. The van der Waals surface area contributed by atoms with Crippen LogP contribution in [0.15, 0.2) is 24.3 Å². The molecular formula is C22H32O7. The average molecular weight is 408 g/mol. The lowest BCUT2D eigenvalue weighted by Crippen LogP contribution is -2.52. The number of rotatable bonds is 11. The second-order valence-electron chi connectivity index (χ2n) is 6.96. The molecule has 1 saturated heterocycles. The van der Waals surface area contributed by atoms with Crippen LogP contribution in [-0.4, -0.2) is 45.0 Å². The minimum atomic E-state index is -1.59. The molecule has 0 saturated carbocycles. The monoisotopic (exact) mass is 408 g/mol. The molecule has 0 bridgehead atoms.